The number of rotatable bonds is 3. The molecule has 0 atom stereocenters. The van der Waals surface area contributed by atoms with Gasteiger partial charge >= 0.3 is 11.8 Å². The van der Waals surface area contributed by atoms with E-state index in [9.17, 15) is 0 Å². The molecule has 66 valence electrons. The summed E-state index contributed by atoms with van der Waals surface area (Å²) in [5.41, 5.74) is 0. The molecule has 0 saturated carbocycles. The third-order valence-corrected chi connectivity index (χ3v) is 1.00. The highest BCUT2D eigenvalue weighted by Gasteiger charge is 2.15. The number of hydrogen-bond acceptors (Lipinski definition) is 9. The molecule has 0 unspecified atom stereocenters. The van der Waals surface area contributed by atoms with Crippen molar-refractivity contribution in [2.45, 2.75) is 0 Å². The van der Waals surface area contributed by atoms with E-state index >= 15 is 0 Å². The Morgan fingerprint density at radius 2 is 1.33 bits per heavy atom. The Kier molecular flexibility index (Phi) is 2.53. The van der Waals surface area contributed by atoms with E-state index in [2.05, 4.69) is 29.9 Å². The summed E-state index contributed by atoms with van der Waals surface area (Å²) in [4.78, 5) is 12.7. The highest BCUT2D eigenvalue weighted by atomic mass is 16.7. The molecule has 0 aliphatic carbocycles. The molecule has 0 aliphatic heterocycles. The maximum atomic E-state index is 4.82. The van der Waals surface area contributed by atoms with Crippen LogP contribution in [0.1, 0.15) is 0 Å². The van der Waals surface area contributed by atoms with Gasteiger partial charge in [-0.15, -0.1) is 0 Å². The molecule has 12 heavy (non-hydrogen) atoms. The van der Waals surface area contributed by atoms with Crippen LogP contribution in [0.25, 0.3) is 0 Å². The van der Waals surface area contributed by atoms with Crippen LogP contribution in [0.4, 0.5) is 0 Å². The summed E-state index contributed by atoms with van der Waals surface area (Å²) < 4.78 is 0. The molecule has 1 heterocycles. The SMILES string of the molecule is NOc1nnnc(ON)c1ON. The van der Waals surface area contributed by atoms with Crippen molar-refractivity contribution in [2.75, 3.05) is 0 Å². The molecule has 0 fully saturated rings. The molecule has 0 radical (unpaired) electrons. The van der Waals surface area contributed by atoms with Crippen molar-refractivity contribution < 1.29 is 14.5 Å². The maximum Gasteiger partial charge on any atom is 0.308 e. The van der Waals surface area contributed by atoms with Crippen LogP contribution < -0.4 is 32.2 Å². The lowest BCUT2D eigenvalue weighted by molar-refractivity contribution is 0.232. The van der Waals surface area contributed by atoms with Crippen LogP contribution in [0, 0.1) is 0 Å². The third-order valence-electron chi connectivity index (χ3n) is 1.00. The number of hydrogen-bond donors (Lipinski definition) is 3. The summed E-state index contributed by atoms with van der Waals surface area (Å²) in [7, 11) is 0. The Hall–Kier alpha value is -1.71. The Morgan fingerprint density at radius 1 is 0.833 bits per heavy atom. The van der Waals surface area contributed by atoms with Gasteiger partial charge in [0.1, 0.15) is 0 Å². The second-order valence-corrected chi connectivity index (χ2v) is 1.58. The summed E-state index contributed by atoms with van der Waals surface area (Å²) in [6.07, 6.45) is 0. The average Bonchev–Trinajstić information content (AvgIpc) is 2.16. The first-order valence-electron chi connectivity index (χ1n) is 2.67. The van der Waals surface area contributed by atoms with E-state index in [1.807, 2.05) is 0 Å². The van der Waals surface area contributed by atoms with Crippen molar-refractivity contribution in [3.05, 3.63) is 0 Å². The zero-order valence-electron chi connectivity index (χ0n) is 5.80. The highest BCUT2D eigenvalue weighted by Crippen LogP contribution is 2.29. The normalized spacial score (nSPS) is 9.25. The van der Waals surface area contributed by atoms with Gasteiger partial charge in [0.15, 0.2) is 0 Å². The second kappa shape index (κ2) is 3.61. The molecule has 0 spiro atoms. The quantitative estimate of drug-likeness (QED) is 0.428. The monoisotopic (exact) mass is 174 g/mol. The van der Waals surface area contributed by atoms with Crippen LogP contribution in [0.3, 0.4) is 0 Å². The summed E-state index contributed by atoms with van der Waals surface area (Å²) in [5, 5.41) is 9.84. The largest absolute Gasteiger partial charge is 0.400 e. The number of nitrogens with zero attached hydrogens (tertiary/aromatic N) is 3. The van der Waals surface area contributed by atoms with E-state index in [0.717, 1.165) is 0 Å². The minimum Gasteiger partial charge on any atom is -0.400 e. The highest BCUT2D eigenvalue weighted by molar-refractivity contribution is 5.39. The molecule has 0 saturated heterocycles. The van der Waals surface area contributed by atoms with Crippen molar-refractivity contribution in [3.63, 3.8) is 0 Å². The predicted molar refractivity (Wildman–Crippen MR) is 34.3 cm³/mol. The molecule has 0 amide bonds. The van der Waals surface area contributed by atoms with Crippen LogP contribution in [0.2, 0.25) is 0 Å². The maximum absolute atomic E-state index is 4.82. The molecular weight excluding hydrogens is 168 g/mol. The Balaban J connectivity index is 3.13. The van der Waals surface area contributed by atoms with Crippen molar-refractivity contribution in [2.24, 2.45) is 17.7 Å². The standard InChI is InChI=1S/C3H6N6O3/c4-10-1-2(11-5)7-9-8-3(1)12-6/h4-6H2. The van der Waals surface area contributed by atoms with E-state index in [1.54, 1.807) is 0 Å². The van der Waals surface area contributed by atoms with E-state index in [-0.39, 0.29) is 17.5 Å². The van der Waals surface area contributed by atoms with Crippen LogP contribution in [0.5, 0.6) is 17.5 Å². The summed E-state index contributed by atoms with van der Waals surface area (Å²) in [6.45, 7) is 0. The van der Waals surface area contributed by atoms with Gasteiger partial charge in [-0.3, -0.25) is 0 Å². The molecule has 0 aliphatic rings. The third kappa shape index (κ3) is 1.32. The summed E-state index contributed by atoms with van der Waals surface area (Å²) >= 11 is 0. The zero-order chi connectivity index (χ0) is 8.97. The first kappa shape index (κ1) is 8.39. The number of aromatic nitrogens is 3. The summed E-state index contributed by atoms with van der Waals surface area (Å²) in [5.74, 6) is 13.9. The van der Waals surface area contributed by atoms with Crippen LogP contribution in [-0.4, -0.2) is 15.4 Å². The number of nitrogens with two attached hydrogens (primary N) is 3. The van der Waals surface area contributed by atoms with Crippen molar-refractivity contribution in [3.8, 4) is 17.5 Å². The van der Waals surface area contributed by atoms with Crippen molar-refractivity contribution in [1.82, 2.24) is 15.4 Å². The lowest BCUT2D eigenvalue weighted by Crippen LogP contribution is -2.15. The zero-order valence-corrected chi connectivity index (χ0v) is 5.80. The van der Waals surface area contributed by atoms with Gasteiger partial charge in [-0.05, 0) is 5.21 Å². The van der Waals surface area contributed by atoms with E-state index in [1.165, 1.54) is 0 Å². The first-order chi connectivity index (χ1) is 5.83. The van der Waals surface area contributed by atoms with Gasteiger partial charge in [-0.1, -0.05) is 10.2 Å². The Bertz CT molecular complexity index is 244. The van der Waals surface area contributed by atoms with Crippen LogP contribution in [0.15, 0.2) is 0 Å². The van der Waals surface area contributed by atoms with Crippen molar-refractivity contribution in [1.29, 1.82) is 0 Å². The minimum atomic E-state index is -0.173. The van der Waals surface area contributed by atoms with Gasteiger partial charge in [-0.2, -0.15) is 17.7 Å². The molecule has 6 N–H and O–H groups in total. The van der Waals surface area contributed by atoms with E-state index in [0.29, 0.717) is 0 Å². The topological polar surface area (TPSA) is 144 Å². The second-order valence-electron chi connectivity index (χ2n) is 1.58. The first-order valence-corrected chi connectivity index (χ1v) is 2.67. The lowest BCUT2D eigenvalue weighted by atomic mass is 10.5. The lowest BCUT2D eigenvalue weighted by Gasteiger charge is -2.04. The molecule has 0 bridgehead atoms. The fourth-order valence-electron chi connectivity index (χ4n) is 0.541. The van der Waals surface area contributed by atoms with Gasteiger partial charge in [0.2, 0.25) is 0 Å². The van der Waals surface area contributed by atoms with Gasteiger partial charge in [0.25, 0.3) is 5.75 Å². The van der Waals surface area contributed by atoms with Gasteiger partial charge in [0.05, 0.1) is 0 Å². The molecule has 9 nitrogen and oxygen atoms in total. The van der Waals surface area contributed by atoms with Gasteiger partial charge in [-0.25, -0.2) is 0 Å². The molecule has 1 rings (SSSR count). The van der Waals surface area contributed by atoms with Gasteiger partial charge < -0.3 is 14.5 Å². The van der Waals surface area contributed by atoms with Gasteiger partial charge in [0, 0.05) is 0 Å². The molecule has 1 aromatic rings. The smallest absolute Gasteiger partial charge is 0.308 e. The Labute approximate surface area is 66.2 Å². The molecular formula is C3H6N6O3. The minimum absolute atomic E-state index is 0.130. The van der Waals surface area contributed by atoms with Crippen LogP contribution in [-0.2, 0) is 0 Å². The molecule has 0 aromatic carbocycles. The molecule has 9 heteroatoms. The molecule has 1 aromatic heterocycles. The average molecular weight is 174 g/mol. The van der Waals surface area contributed by atoms with E-state index in [4.69, 9.17) is 17.7 Å². The Morgan fingerprint density at radius 3 is 1.67 bits per heavy atom. The van der Waals surface area contributed by atoms with Crippen molar-refractivity contribution >= 4 is 0 Å². The van der Waals surface area contributed by atoms with Crippen LogP contribution >= 0.6 is 0 Å². The van der Waals surface area contributed by atoms with E-state index < -0.39 is 0 Å². The summed E-state index contributed by atoms with van der Waals surface area (Å²) in [6, 6.07) is 0. The fraction of sp³-hybridized carbons (Fsp3) is 0. The predicted octanol–water partition coefficient (Wildman–Crippen LogP) is -2.37. The fourth-order valence-corrected chi connectivity index (χ4v) is 0.541.